The molecule has 2 heteroatoms. The summed E-state index contributed by atoms with van der Waals surface area (Å²) in [6.45, 7) is 3.00. The Morgan fingerprint density at radius 1 is 1.75 bits per heavy atom. The molecular weight excluding hydrogens is 166 g/mol. The van der Waals surface area contributed by atoms with Crippen LogP contribution < -0.4 is 0 Å². The molecular formula is C6H8BrN. The Morgan fingerprint density at radius 3 is 2.88 bits per heavy atom. The second-order valence-corrected chi connectivity index (χ2v) is 2.83. The second kappa shape index (κ2) is 2.44. The maximum absolute atomic E-state index is 4.10. The zero-order valence-corrected chi connectivity index (χ0v) is 6.40. The van der Waals surface area contributed by atoms with Crippen LogP contribution in [0.5, 0.6) is 0 Å². The van der Waals surface area contributed by atoms with E-state index in [0.29, 0.717) is 0 Å². The molecule has 0 unspecified atom stereocenters. The third-order valence-electron chi connectivity index (χ3n) is 1.17. The van der Waals surface area contributed by atoms with E-state index in [9.17, 15) is 0 Å². The van der Waals surface area contributed by atoms with Gasteiger partial charge in [-0.3, -0.25) is 4.99 Å². The molecule has 1 heterocycles. The predicted octanol–water partition coefficient (Wildman–Crippen LogP) is 2.13. The number of aliphatic imine (C=N–C) groups is 1. The van der Waals surface area contributed by atoms with E-state index < -0.39 is 0 Å². The molecule has 0 amide bonds. The number of rotatable bonds is 0. The maximum atomic E-state index is 4.10. The molecule has 0 N–H and O–H groups in total. The van der Waals surface area contributed by atoms with Crippen LogP contribution in [0.25, 0.3) is 0 Å². The summed E-state index contributed by atoms with van der Waals surface area (Å²) in [4.78, 5) is 4.10. The molecule has 0 saturated carbocycles. The molecule has 0 spiro atoms. The minimum absolute atomic E-state index is 0.942. The molecule has 0 fully saturated rings. The van der Waals surface area contributed by atoms with Crippen molar-refractivity contribution in [2.75, 3.05) is 6.54 Å². The largest absolute Gasteiger partial charge is 0.293 e. The Kier molecular flexibility index (Phi) is 1.84. The van der Waals surface area contributed by atoms with Gasteiger partial charge in [0.2, 0.25) is 0 Å². The van der Waals surface area contributed by atoms with E-state index in [1.807, 2.05) is 6.21 Å². The molecule has 0 aromatic heterocycles. The molecule has 0 atom stereocenters. The fourth-order valence-electron chi connectivity index (χ4n) is 0.631. The van der Waals surface area contributed by atoms with Crippen LogP contribution in [0.2, 0.25) is 0 Å². The van der Waals surface area contributed by atoms with Crippen LogP contribution >= 0.6 is 15.9 Å². The van der Waals surface area contributed by atoms with Gasteiger partial charge in [-0.25, -0.2) is 0 Å². The van der Waals surface area contributed by atoms with Gasteiger partial charge >= 0.3 is 0 Å². The first-order chi connectivity index (χ1) is 3.80. The molecule has 44 valence electrons. The van der Waals surface area contributed by atoms with Crippen LogP contribution in [-0.4, -0.2) is 12.8 Å². The Labute approximate surface area is 57.6 Å². The topological polar surface area (TPSA) is 12.4 Å². The van der Waals surface area contributed by atoms with Crippen molar-refractivity contribution in [3.05, 3.63) is 10.1 Å². The average Bonchev–Trinajstić information content (AvgIpc) is 1.77. The molecule has 0 aliphatic carbocycles. The molecule has 0 bridgehead atoms. The fraction of sp³-hybridized carbons (Fsp3) is 0.500. The third-order valence-corrected chi connectivity index (χ3v) is 2.20. The van der Waals surface area contributed by atoms with Gasteiger partial charge in [0.05, 0.1) is 0 Å². The standard InChI is InChI=1S/C6H8BrN/c1-5-4-8-3-2-6(5)7/h4H,2-3H2,1H3. The van der Waals surface area contributed by atoms with Gasteiger partial charge in [-0.15, -0.1) is 0 Å². The maximum Gasteiger partial charge on any atom is 0.0435 e. The van der Waals surface area contributed by atoms with Crippen LogP contribution in [0.3, 0.4) is 0 Å². The molecule has 1 rings (SSSR count). The Bertz CT molecular complexity index is 147. The lowest BCUT2D eigenvalue weighted by Crippen LogP contribution is -1.93. The SMILES string of the molecule is CC1=C(Br)CCN=C1. The number of allylic oxidation sites excluding steroid dienone is 1. The van der Waals surface area contributed by atoms with Gasteiger partial charge in [-0.2, -0.15) is 0 Å². The van der Waals surface area contributed by atoms with E-state index in [1.54, 1.807) is 0 Å². The molecule has 1 nitrogen and oxygen atoms in total. The van der Waals surface area contributed by atoms with Crippen LogP contribution in [0, 0.1) is 0 Å². The van der Waals surface area contributed by atoms with Gasteiger partial charge in [0.15, 0.2) is 0 Å². The summed E-state index contributed by atoms with van der Waals surface area (Å²) in [7, 11) is 0. The Hall–Kier alpha value is -0.110. The van der Waals surface area contributed by atoms with Crippen LogP contribution in [-0.2, 0) is 0 Å². The Balaban J connectivity index is 2.76. The van der Waals surface area contributed by atoms with Crippen molar-refractivity contribution in [2.45, 2.75) is 13.3 Å². The minimum Gasteiger partial charge on any atom is -0.293 e. The summed E-state index contributed by atoms with van der Waals surface area (Å²) in [5, 5.41) is 0. The highest BCUT2D eigenvalue weighted by atomic mass is 79.9. The molecule has 0 aromatic carbocycles. The first-order valence-corrected chi connectivity index (χ1v) is 3.45. The quantitative estimate of drug-likeness (QED) is 0.533. The zero-order chi connectivity index (χ0) is 5.98. The van der Waals surface area contributed by atoms with Crippen molar-refractivity contribution < 1.29 is 0 Å². The molecule has 8 heavy (non-hydrogen) atoms. The highest BCUT2D eigenvalue weighted by molar-refractivity contribution is 9.11. The lowest BCUT2D eigenvalue weighted by atomic mass is 10.2. The average molecular weight is 174 g/mol. The lowest BCUT2D eigenvalue weighted by molar-refractivity contribution is 0.979. The van der Waals surface area contributed by atoms with Gasteiger partial charge in [-0.05, 0) is 18.9 Å². The van der Waals surface area contributed by atoms with E-state index in [0.717, 1.165) is 13.0 Å². The van der Waals surface area contributed by atoms with Crippen molar-refractivity contribution in [3.8, 4) is 0 Å². The number of halogens is 1. The van der Waals surface area contributed by atoms with Crippen molar-refractivity contribution in [3.63, 3.8) is 0 Å². The van der Waals surface area contributed by atoms with Crippen molar-refractivity contribution >= 4 is 22.1 Å². The molecule has 0 aromatic rings. The predicted molar refractivity (Wildman–Crippen MR) is 39.6 cm³/mol. The van der Waals surface area contributed by atoms with Gasteiger partial charge in [0, 0.05) is 17.2 Å². The van der Waals surface area contributed by atoms with Crippen molar-refractivity contribution in [2.24, 2.45) is 4.99 Å². The summed E-state index contributed by atoms with van der Waals surface area (Å²) < 4.78 is 1.30. The van der Waals surface area contributed by atoms with E-state index in [4.69, 9.17) is 0 Å². The fourth-order valence-corrected chi connectivity index (χ4v) is 0.911. The zero-order valence-electron chi connectivity index (χ0n) is 4.82. The van der Waals surface area contributed by atoms with Gasteiger partial charge in [0.1, 0.15) is 0 Å². The summed E-state index contributed by atoms with van der Waals surface area (Å²) >= 11 is 3.44. The number of hydrogen-bond acceptors (Lipinski definition) is 1. The van der Waals surface area contributed by atoms with E-state index in [-0.39, 0.29) is 0 Å². The summed E-state index contributed by atoms with van der Waals surface area (Å²) in [6.07, 6.45) is 2.98. The molecule has 0 radical (unpaired) electrons. The normalized spacial score (nSPS) is 19.8. The first kappa shape index (κ1) is 6.02. The van der Waals surface area contributed by atoms with Gasteiger partial charge in [-0.1, -0.05) is 15.9 Å². The van der Waals surface area contributed by atoms with Gasteiger partial charge in [0.25, 0.3) is 0 Å². The van der Waals surface area contributed by atoms with Gasteiger partial charge < -0.3 is 0 Å². The lowest BCUT2D eigenvalue weighted by Gasteiger charge is -2.03. The molecule has 0 saturated heterocycles. The first-order valence-electron chi connectivity index (χ1n) is 2.66. The molecule has 1 aliphatic heterocycles. The van der Waals surface area contributed by atoms with E-state index in [1.165, 1.54) is 10.1 Å². The minimum atomic E-state index is 0.942. The van der Waals surface area contributed by atoms with Crippen LogP contribution in [0.15, 0.2) is 15.0 Å². The van der Waals surface area contributed by atoms with Crippen molar-refractivity contribution in [1.82, 2.24) is 0 Å². The second-order valence-electron chi connectivity index (χ2n) is 1.87. The molecule has 1 aliphatic rings. The summed E-state index contributed by atoms with van der Waals surface area (Å²) in [6, 6.07) is 0. The number of nitrogens with zero attached hydrogens (tertiary/aromatic N) is 1. The smallest absolute Gasteiger partial charge is 0.0435 e. The highest BCUT2D eigenvalue weighted by Gasteiger charge is 1.99. The van der Waals surface area contributed by atoms with Crippen molar-refractivity contribution in [1.29, 1.82) is 0 Å². The highest BCUT2D eigenvalue weighted by Crippen LogP contribution is 2.17. The Morgan fingerprint density at radius 2 is 2.50 bits per heavy atom. The van der Waals surface area contributed by atoms with Crippen LogP contribution in [0.1, 0.15) is 13.3 Å². The van der Waals surface area contributed by atoms with Crippen LogP contribution in [0.4, 0.5) is 0 Å². The summed E-state index contributed by atoms with van der Waals surface area (Å²) in [5.74, 6) is 0. The number of dihydropyridines is 1. The van der Waals surface area contributed by atoms with E-state index >= 15 is 0 Å². The monoisotopic (exact) mass is 173 g/mol. The number of hydrogen-bond donors (Lipinski definition) is 0. The third kappa shape index (κ3) is 1.19. The van der Waals surface area contributed by atoms with E-state index in [2.05, 4.69) is 27.8 Å². The summed E-state index contributed by atoms with van der Waals surface area (Å²) in [5.41, 5.74) is 1.26.